The van der Waals surface area contributed by atoms with E-state index in [-0.39, 0.29) is 18.2 Å². The molecule has 0 saturated carbocycles. The molecule has 2 aromatic carbocycles. The summed E-state index contributed by atoms with van der Waals surface area (Å²) in [6.07, 6.45) is 0.573. The number of rotatable bonds is 3. The van der Waals surface area contributed by atoms with Gasteiger partial charge in [0.25, 0.3) is 0 Å². The molecular weight excluding hydrogens is 328 g/mol. The van der Waals surface area contributed by atoms with Crippen LogP contribution in [0.5, 0.6) is 0 Å². The van der Waals surface area contributed by atoms with Crippen LogP contribution in [0.2, 0.25) is 0 Å². The normalized spacial score (nSPS) is 17.0. The van der Waals surface area contributed by atoms with E-state index in [1.165, 1.54) is 17.4 Å². The summed E-state index contributed by atoms with van der Waals surface area (Å²) in [5, 5.41) is 2.32. The second-order valence-corrected chi connectivity index (χ2v) is 6.72. The van der Waals surface area contributed by atoms with E-state index in [4.69, 9.17) is 0 Å². The first-order valence-electron chi connectivity index (χ1n) is 8.68. The third kappa shape index (κ3) is 3.52. The lowest BCUT2D eigenvalue weighted by Gasteiger charge is -2.33. The second-order valence-electron chi connectivity index (χ2n) is 6.72. The van der Waals surface area contributed by atoms with Crippen molar-refractivity contribution >= 4 is 23.4 Å². The summed E-state index contributed by atoms with van der Waals surface area (Å²) in [7, 11) is 0. The molecule has 5 heteroatoms. The number of carbonyl (C=O) groups excluding carboxylic acids is 3. The van der Waals surface area contributed by atoms with Crippen molar-refractivity contribution in [1.82, 2.24) is 5.32 Å². The van der Waals surface area contributed by atoms with E-state index in [1.54, 1.807) is 0 Å². The molecule has 1 atom stereocenters. The van der Waals surface area contributed by atoms with E-state index in [0.29, 0.717) is 12.1 Å². The van der Waals surface area contributed by atoms with Gasteiger partial charge in [-0.1, -0.05) is 35.9 Å². The number of hydrogen-bond acceptors (Lipinski definition) is 3. The Morgan fingerprint density at radius 3 is 2.27 bits per heavy atom. The first kappa shape index (κ1) is 17.9. The second kappa shape index (κ2) is 7.12. The van der Waals surface area contributed by atoms with Crippen molar-refractivity contribution in [3.8, 4) is 11.1 Å². The number of aryl methyl sites for hydroxylation is 2. The van der Waals surface area contributed by atoms with Crippen LogP contribution < -0.4 is 10.2 Å². The van der Waals surface area contributed by atoms with Crippen LogP contribution in [0.3, 0.4) is 0 Å². The van der Waals surface area contributed by atoms with E-state index in [9.17, 15) is 14.4 Å². The van der Waals surface area contributed by atoms with Crippen LogP contribution >= 0.6 is 0 Å². The zero-order chi connectivity index (χ0) is 18.8. The van der Waals surface area contributed by atoms with Crippen LogP contribution in [0.4, 0.5) is 5.69 Å². The lowest BCUT2D eigenvalue weighted by molar-refractivity contribution is -0.135. The van der Waals surface area contributed by atoms with Crippen molar-refractivity contribution in [2.75, 3.05) is 4.90 Å². The fourth-order valence-electron chi connectivity index (χ4n) is 3.34. The largest absolute Gasteiger partial charge is 0.300 e. The fraction of sp³-hybridized carbons (Fsp3) is 0.286. The topological polar surface area (TPSA) is 66.5 Å². The number of imide groups is 1. The lowest BCUT2D eigenvalue weighted by atomic mass is 9.98. The predicted octanol–water partition coefficient (Wildman–Crippen LogP) is 3.13. The monoisotopic (exact) mass is 350 g/mol. The molecule has 1 N–H and O–H groups in total. The van der Waals surface area contributed by atoms with Gasteiger partial charge in [-0.05, 0) is 49.1 Å². The third-order valence-corrected chi connectivity index (χ3v) is 4.70. The number of nitrogens with one attached hydrogen (secondary N) is 1. The smallest absolute Gasteiger partial charge is 0.249 e. The van der Waals surface area contributed by atoms with E-state index < -0.39 is 11.9 Å². The number of piperidine rings is 1. The number of anilines is 1. The highest BCUT2D eigenvalue weighted by Gasteiger charge is 2.34. The maximum atomic E-state index is 12.3. The summed E-state index contributed by atoms with van der Waals surface area (Å²) in [6.45, 7) is 5.41. The van der Waals surface area contributed by atoms with E-state index in [0.717, 1.165) is 16.7 Å². The van der Waals surface area contributed by atoms with Gasteiger partial charge in [-0.2, -0.15) is 0 Å². The van der Waals surface area contributed by atoms with E-state index in [1.807, 2.05) is 32.0 Å². The number of carbonyl (C=O) groups is 3. The maximum absolute atomic E-state index is 12.3. The van der Waals surface area contributed by atoms with Crippen LogP contribution in [0, 0.1) is 13.8 Å². The molecule has 1 aliphatic rings. The molecule has 1 saturated heterocycles. The minimum Gasteiger partial charge on any atom is -0.300 e. The molecule has 26 heavy (non-hydrogen) atoms. The van der Waals surface area contributed by atoms with Gasteiger partial charge in [0.2, 0.25) is 17.7 Å². The Morgan fingerprint density at radius 2 is 1.69 bits per heavy atom. The van der Waals surface area contributed by atoms with Crippen LogP contribution in [-0.4, -0.2) is 23.8 Å². The summed E-state index contributed by atoms with van der Waals surface area (Å²) in [5.41, 5.74) is 4.95. The SMILES string of the molecule is CC(=O)N(c1ccc(-c2ccc(C)cc2)cc1C)C1CCC(=O)NC1=O. The molecule has 1 heterocycles. The number of amides is 3. The van der Waals surface area contributed by atoms with Crippen molar-refractivity contribution in [2.45, 2.75) is 39.7 Å². The van der Waals surface area contributed by atoms with Crippen molar-refractivity contribution in [2.24, 2.45) is 0 Å². The first-order valence-corrected chi connectivity index (χ1v) is 8.68. The minimum atomic E-state index is -0.658. The van der Waals surface area contributed by atoms with Crippen LogP contribution in [0.25, 0.3) is 11.1 Å². The first-order chi connectivity index (χ1) is 12.4. The number of hydrogen-bond donors (Lipinski definition) is 1. The van der Waals surface area contributed by atoms with Gasteiger partial charge in [0.1, 0.15) is 6.04 Å². The molecule has 0 radical (unpaired) electrons. The molecular formula is C21H22N2O3. The molecule has 1 unspecified atom stereocenters. The van der Waals surface area contributed by atoms with Crippen LogP contribution in [0.1, 0.15) is 30.9 Å². The average molecular weight is 350 g/mol. The van der Waals surface area contributed by atoms with Crippen molar-refractivity contribution in [1.29, 1.82) is 0 Å². The summed E-state index contributed by atoms with van der Waals surface area (Å²) < 4.78 is 0. The van der Waals surface area contributed by atoms with E-state index >= 15 is 0 Å². The van der Waals surface area contributed by atoms with Gasteiger partial charge in [0.15, 0.2) is 0 Å². The summed E-state index contributed by atoms with van der Waals surface area (Å²) in [6, 6.07) is 13.4. The Labute approximate surface area is 153 Å². The summed E-state index contributed by atoms with van der Waals surface area (Å²) in [4.78, 5) is 37.4. The molecule has 0 aliphatic carbocycles. The zero-order valence-corrected chi connectivity index (χ0v) is 15.2. The molecule has 0 aromatic heterocycles. The Kier molecular flexibility index (Phi) is 4.89. The molecule has 1 fully saturated rings. The summed E-state index contributed by atoms with van der Waals surface area (Å²) >= 11 is 0. The molecule has 0 bridgehead atoms. The lowest BCUT2D eigenvalue weighted by Crippen LogP contribution is -2.54. The van der Waals surface area contributed by atoms with Gasteiger partial charge < -0.3 is 0 Å². The standard InChI is InChI=1S/C21H22N2O3/c1-13-4-6-16(7-5-13)17-8-9-18(14(2)12-17)23(15(3)24)19-10-11-20(25)22-21(19)26/h4-9,12,19H,10-11H2,1-3H3,(H,22,25,26). The number of benzene rings is 2. The van der Waals surface area contributed by atoms with Crippen LogP contribution in [-0.2, 0) is 14.4 Å². The molecule has 3 rings (SSSR count). The van der Waals surface area contributed by atoms with Gasteiger partial charge in [0, 0.05) is 19.0 Å². The van der Waals surface area contributed by atoms with Crippen molar-refractivity contribution < 1.29 is 14.4 Å². The third-order valence-electron chi connectivity index (χ3n) is 4.70. The maximum Gasteiger partial charge on any atom is 0.249 e. The van der Waals surface area contributed by atoms with Crippen LogP contribution in [0.15, 0.2) is 42.5 Å². The van der Waals surface area contributed by atoms with Gasteiger partial charge in [0.05, 0.1) is 0 Å². The Bertz CT molecular complexity index is 871. The van der Waals surface area contributed by atoms with Gasteiger partial charge in [-0.15, -0.1) is 0 Å². The number of nitrogens with zero attached hydrogens (tertiary/aromatic N) is 1. The fourth-order valence-corrected chi connectivity index (χ4v) is 3.34. The molecule has 134 valence electrons. The molecule has 1 aliphatic heterocycles. The highest BCUT2D eigenvalue weighted by molar-refractivity contribution is 6.06. The Balaban J connectivity index is 1.95. The van der Waals surface area contributed by atoms with Gasteiger partial charge in [-0.3, -0.25) is 24.6 Å². The average Bonchev–Trinajstić information content (AvgIpc) is 2.58. The predicted molar refractivity (Wildman–Crippen MR) is 101 cm³/mol. The van der Waals surface area contributed by atoms with Gasteiger partial charge >= 0.3 is 0 Å². The van der Waals surface area contributed by atoms with Gasteiger partial charge in [-0.25, -0.2) is 0 Å². The molecule has 2 aromatic rings. The Morgan fingerprint density at radius 1 is 1.04 bits per heavy atom. The van der Waals surface area contributed by atoms with Crippen molar-refractivity contribution in [3.05, 3.63) is 53.6 Å². The molecule has 5 nitrogen and oxygen atoms in total. The Hall–Kier alpha value is -2.95. The zero-order valence-electron chi connectivity index (χ0n) is 15.2. The summed E-state index contributed by atoms with van der Waals surface area (Å²) in [5.74, 6) is -0.926. The quantitative estimate of drug-likeness (QED) is 0.865. The highest BCUT2D eigenvalue weighted by atomic mass is 16.2. The minimum absolute atomic E-state index is 0.217. The molecule has 0 spiro atoms. The van der Waals surface area contributed by atoms with E-state index in [2.05, 4.69) is 29.6 Å². The van der Waals surface area contributed by atoms with Crippen molar-refractivity contribution in [3.63, 3.8) is 0 Å². The highest BCUT2D eigenvalue weighted by Crippen LogP contribution is 2.30. The molecule has 3 amide bonds.